The number of pyridine rings is 2. The molecule has 0 radical (unpaired) electrons. The Hall–Kier alpha value is -2.23. The molecule has 9 heteroatoms. The lowest BCUT2D eigenvalue weighted by molar-refractivity contribution is 0.120. The van der Waals surface area contributed by atoms with Gasteiger partial charge in [0, 0.05) is 25.5 Å². The second-order valence-electron chi connectivity index (χ2n) is 5.78. The molecule has 0 spiro atoms. The predicted octanol–water partition coefficient (Wildman–Crippen LogP) is 3.55. The molecule has 0 amide bonds. The van der Waals surface area contributed by atoms with Crippen LogP contribution in [-0.4, -0.2) is 44.2 Å². The molecule has 0 aliphatic carbocycles. The van der Waals surface area contributed by atoms with Crippen molar-refractivity contribution >= 4 is 29.5 Å². The summed E-state index contributed by atoms with van der Waals surface area (Å²) in [4.78, 5) is 22.3. The highest BCUT2D eigenvalue weighted by Crippen LogP contribution is 2.28. The maximum absolute atomic E-state index is 5.66. The van der Waals surface area contributed by atoms with Crippen LogP contribution in [0.1, 0.15) is 12.8 Å². The van der Waals surface area contributed by atoms with Crippen LogP contribution in [0.4, 0.5) is 5.95 Å². The number of nitrogens with zero attached hydrogens (tertiary/aromatic N) is 5. The Kier molecular flexibility index (Phi) is 6.13. The van der Waals surface area contributed by atoms with E-state index in [1.165, 1.54) is 23.5 Å². The van der Waals surface area contributed by atoms with Crippen molar-refractivity contribution in [3.8, 4) is 0 Å². The van der Waals surface area contributed by atoms with Crippen LogP contribution in [-0.2, 0) is 4.74 Å². The standard InChI is InChI=1S/C18H18N6OS2/c1-3-9-19-14(7-1)26-17-22-16(21-12-13-6-5-11-25-13)23-18(24-17)27-15-8-2-4-10-20-15/h1-4,7-10,13H,5-6,11-12H2,(H,21,22,23,24). The molecule has 7 nitrogen and oxygen atoms in total. The van der Waals surface area contributed by atoms with Gasteiger partial charge in [-0.1, -0.05) is 12.1 Å². The minimum Gasteiger partial charge on any atom is -0.376 e. The van der Waals surface area contributed by atoms with Gasteiger partial charge in [-0.05, 0) is 60.6 Å². The number of ether oxygens (including phenoxy) is 1. The van der Waals surface area contributed by atoms with Crippen molar-refractivity contribution in [1.29, 1.82) is 0 Å². The summed E-state index contributed by atoms with van der Waals surface area (Å²) < 4.78 is 5.66. The average molecular weight is 399 g/mol. The zero-order chi connectivity index (χ0) is 18.3. The minimum atomic E-state index is 0.209. The molecular weight excluding hydrogens is 380 g/mol. The maximum Gasteiger partial charge on any atom is 0.227 e. The molecule has 0 saturated carbocycles. The van der Waals surface area contributed by atoms with Crippen LogP contribution in [0, 0.1) is 0 Å². The van der Waals surface area contributed by atoms with Gasteiger partial charge in [-0.15, -0.1) is 0 Å². The summed E-state index contributed by atoms with van der Waals surface area (Å²) in [5, 5.41) is 6.14. The molecule has 1 atom stereocenters. The van der Waals surface area contributed by atoms with Crippen molar-refractivity contribution < 1.29 is 4.74 Å². The summed E-state index contributed by atoms with van der Waals surface area (Å²) in [6.07, 6.45) is 5.88. The van der Waals surface area contributed by atoms with Crippen molar-refractivity contribution in [2.45, 2.75) is 39.3 Å². The van der Waals surface area contributed by atoms with E-state index in [4.69, 9.17) is 4.74 Å². The lowest BCUT2D eigenvalue weighted by Gasteiger charge is -2.12. The van der Waals surface area contributed by atoms with Crippen molar-refractivity contribution in [3.05, 3.63) is 48.8 Å². The molecule has 4 heterocycles. The van der Waals surface area contributed by atoms with Crippen LogP contribution in [0.25, 0.3) is 0 Å². The number of aromatic nitrogens is 5. The summed E-state index contributed by atoms with van der Waals surface area (Å²) in [5.41, 5.74) is 0. The monoisotopic (exact) mass is 398 g/mol. The highest BCUT2D eigenvalue weighted by Gasteiger charge is 2.16. The molecule has 1 aliphatic heterocycles. The van der Waals surface area contributed by atoms with E-state index >= 15 is 0 Å². The first-order valence-electron chi connectivity index (χ1n) is 8.64. The zero-order valence-corrected chi connectivity index (χ0v) is 16.1. The van der Waals surface area contributed by atoms with E-state index < -0.39 is 0 Å². The fraction of sp³-hybridized carbons (Fsp3) is 0.278. The molecule has 4 rings (SSSR count). The molecule has 138 valence electrons. The van der Waals surface area contributed by atoms with Crippen LogP contribution in [0.5, 0.6) is 0 Å². The molecule has 0 bridgehead atoms. The molecule has 0 aromatic carbocycles. The van der Waals surface area contributed by atoms with Crippen LogP contribution < -0.4 is 5.32 Å². The van der Waals surface area contributed by atoms with Crippen LogP contribution in [0.2, 0.25) is 0 Å². The number of hydrogen-bond acceptors (Lipinski definition) is 9. The van der Waals surface area contributed by atoms with Crippen molar-refractivity contribution in [3.63, 3.8) is 0 Å². The van der Waals surface area contributed by atoms with E-state index in [1.54, 1.807) is 12.4 Å². The van der Waals surface area contributed by atoms with Gasteiger partial charge in [0.1, 0.15) is 10.1 Å². The lowest BCUT2D eigenvalue weighted by Crippen LogP contribution is -2.20. The van der Waals surface area contributed by atoms with Gasteiger partial charge >= 0.3 is 0 Å². The fourth-order valence-corrected chi connectivity index (χ4v) is 4.00. The summed E-state index contributed by atoms with van der Waals surface area (Å²) in [5.74, 6) is 0.539. The Morgan fingerprint density at radius 2 is 1.59 bits per heavy atom. The number of rotatable bonds is 7. The Morgan fingerprint density at radius 3 is 2.11 bits per heavy atom. The fourth-order valence-electron chi connectivity index (χ4n) is 2.52. The van der Waals surface area contributed by atoms with E-state index in [9.17, 15) is 0 Å². The zero-order valence-electron chi connectivity index (χ0n) is 14.5. The lowest BCUT2D eigenvalue weighted by atomic mass is 10.2. The van der Waals surface area contributed by atoms with E-state index in [1.807, 2.05) is 36.4 Å². The van der Waals surface area contributed by atoms with Crippen LogP contribution in [0.3, 0.4) is 0 Å². The SMILES string of the molecule is c1ccc(Sc2nc(NCC3CCCO3)nc(Sc3ccccn3)n2)nc1. The van der Waals surface area contributed by atoms with Gasteiger partial charge in [-0.3, -0.25) is 0 Å². The highest BCUT2D eigenvalue weighted by atomic mass is 32.2. The first-order valence-corrected chi connectivity index (χ1v) is 10.3. The summed E-state index contributed by atoms with van der Waals surface area (Å²) >= 11 is 2.81. The summed E-state index contributed by atoms with van der Waals surface area (Å²) in [6.45, 7) is 1.51. The summed E-state index contributed by atoms with van der Waals surface area (Å²) in [6, 6.07) is 11.5. The van der Waals surface area contributed by atoms with E-state index in [0.717, 1.165) is 29.5 Å². The average Bonchev–Trinajstić information content (AvgIpc) is 3.22. The second-order valence-corrected chi connectivity index (χ2v) is 7.76. The quantitative estimate of drug-likeness (QED) is 0.642. The maximum atomic E-state index is 5.66. The predicted molar refractivity (Wildman–Crippen MR) is 104 cm³/mol. The summed E-state index contributed by atoms with van der Waals surface area (Å²) in [7, 11) is 0. The molecule has 1 fully saturated rings. The van der Waals surface area contributed by atoms with Crippen molar-refractivity contribution in [1.82, 2.24) is 24.9 Å². The van der Waals surface area contributed by atoms with Gasteiger partial charge in [-0.2, -0.15) is 15.0 Å². The highest BCUT2D eigenvalue weighted by molar-refractivity contribution is 7.99. The second kappa shape index (κ2) is 9.12. The molecule has 27 heavy (non-hydrogen) atoms. The Morgan fingerprint density at radius 1 is 0.926 bits per heavy atom. The Balaban J connectivity index is 1.54. The number of anilines is 1. The van der Waals surface area contributed by atoms with Gasteiger partial charge in [0.15, 0.2) is 10.3 Å². The normalized spacial score (nSPS) is 16.4. The van der Waals surface area contributed by atoms with Gasteiger partial charge in [-0.25, -0.2) is 9.97 Å². The molecule has 3 aromatic heterocycles. The third-order valence-electron chi connectivity index (χ3n) is 3.77. The van der Waals surface area contributed by atoms with Crippen LogP contribution >= 0.6 is 23.5 Å². The largest absolute Gasteiger partial charge is 0.376 e. The topological polar surface area (TPSA) is 85.7 Å². The molecular formula is C18H18N6OS2. The first-order chi connectivity index (χ1) is 13.3. The minimum absolute atomic E-state index is 0.209. The molecule has 1 aliphatic rings. The van der Waals surface area contributed by atoms with Crippen molar-refractivity contribution in [2.24, 2.45) is 0 Å². The smallest absolute Gasteiger partial charge is 0.227 e. The molecule has 1 unspecified atom stereocenters. The third-order valence-corrected chi connectivity index (χ3v) is 5.40. The van der Waals surface area contributed by atoms with E-state index in [2.05, 4.69) is 30.2 Å². The van der Waals surface area contributed by atoms with Gasteiger partial charge < -0.3 is 10.1 Å². The third kappa shape index (κ3) is 5.38. The van der Waals surface area contributed by atoms with Crippen LogP contribution in [0.15, 0.2) is 69.2 Å². The number of hydrogen-bond donors (Lipinski definition) is 1. The van der Waals surface area contributed by atoms with Gasteiger partial charge in [0.2, 0.25) is 5.95 Å². The Bertz CT molecular complexity index is 802. The Labute approximate surface area is 165 Å². The van der Waals surface area contributed by atoms with Gasteiger partial charge in [0.25, 0.3) is 0 Å². The molecule has 1 N–H and O–H groups in total. The molecule has 1 saturated heterocycles. The van der Waals surface area contributed by atoms with E-state index in [-0.39, 0.29) is 6.10 Å². The van der Waals surface area contributed by atoms with E-state index in [0.29, 0.717) is 22.8 Å². The molecule has 3 aromatic rings. The first kappa shape index (κ1) is 18.1. The van der Waals surface area contributed by atoms with Crippen molar-refractivity contribution in [2.75, 3.05) is 18.5 Å². The van der Waals surface area contributed by atoms with Gasteiger partial charge in [0.05, 0.1) is 6.10 Å². The number of nitrogens with one attached hydrogen (secondary N) is 1.